The van der Waals surface area contributed by atoms with Crippen molar-refractivity contribution in [2.24, 2.45) is 0 Å². The van der Waals surface area contributed by atoms with E-state index in [0.29, 0.717) is 21.5 Å². The zero-order valence-corrected chi connectivity index (χ0v) is 9.96. The monoisotopic (exact) mass is 257 g/mol. The van der Waals surface area contributed by atoms with Crippen LogP contribution in [0.2, 0.25) is 10.0 Å². The molecule has 1 atom stereocenters. The maximum Gasteiger partial charge on any atom is 0.165 e. The number of halogens is 2. The molecule has 3 nitrogen and oxygen atoms in total. The Bertz CT molecular complexity index is 508. The summed E-state index contributed by atoms with van der Waals surface area (Å²) < 4.78 is 4.97. The molecule has 2 aromatic rings. The normalized spacial score (nSPS) is 12.8. The predicted octanol–water partition coefficient (Wildman–Crippen LogP) is 3.70. The number of benzene rings is 1. The summed E-state index contributed by atoms with van der Waals surface area (Å²) in [6, 6.07) is 6.77. The molecule has 1 unspecified atom stereocenters. The van der Waals surface area contributed by atoms with E-state index in [-0.39, 0.29) is 0 Å². The van der Waals surface area contributed by atoms with Crippen molar-refractivity contribution in [3.8, 4) is 11.3 Å². The molecule has 1 aromatic carbocycles. The zero-order valence-electron chi connectivity index (χ0n) is 8.45. The van der Waals surface area contributed by atoms with E-state index in [0.717, 1.165) is 5.56 Å². The molecule has 0 spiro atoms. The molecule has 2 rings (SSSR count). The lowest BCUT2D eigenvalue weighted by Gasteiger charge is -1.99. The van der Waals surface area contributed by atoms with Crippen LogP contribution in [0.1, 0.15) is 18.8 Å². The van der Waals surface area contributed by atoms with Gasteiger partial charge >= 0.3 is 0 Å². The Morgan fingerprint density at radius 1 is 1.31 bits per heavy atom. The van der Waals surface area contributed by atoms with Crippen LogP contribution in [0, 0.1) is 0 Å². The zero-order chi connectivity index (χ0) is 11.7. The van der Waals surface area contributed by atoms with Gasteiger partial charge in [-0.25, -0.2) is 0 Å². The largest absolute Gasteiger partial charge is 0.385 e. The summed E-state index contributed by atoms with van der Waals surface area (Å²) in [6.45, 7) is 1.60. The summed E-state index contributed by atoms with van der Waals surface area (Å²) in [6.07, 6.45) is -0.688. The second-order valence-corrected chi connectivity index (χ2v) is 4.26. The smallest absolute Gasteiger partial charge is 0.165 e. The average molecular weight is 258 g/mol. The molecule has 0 saturated carbocycles. The summed E-state index contributed by atoms with van der Waals surface area (Å²) >= 11 is 11.8. The minimum absolute atomic E-state index is 0.404. The number of aliphatic hydroxyl groups is 1. The van der Waals surface area contributed by atoms with Gasteiger partial charge in [-0.2, -0.15) is 0 Å². The summed E-state index contributed by atoms with van der Waals surface area (Å²) in [7, 11) is 0. The first kappa shape index (κ1) is 11.5. The van der Waals surface area contributed by atoms with Crippen molar-refractivity contribution < 1.29 is 9.63 Å². The Balaban J connectivity index is 2.42. The molecule has 0 bridgehead atoms. The molecule has 0 saturated heterocycles. The third-order valence-corrected chi connectivity index (χ3v) is 2.70. The lowest BCUT2D eigenvalue weighted by Crippen LogP contribution is -1.85. The van der Waals surface area contributed by atoms with Gasteiger partial charge in [0.15, 0.2) is 5.76 Å². The molecule has 0 aliphatic heterocycles. The minimum Gasteiger partial charge on any atom is -0.385 e. The Kier molecular flexibility index (Phi) is 3.19. The molecule has 1 aromatic heterocycles. The van der Waals surface area contributed by atoms with Crippen molar-refractivity contribution in [2.75, 3.05) is 0 Å². The maximum absolute atomic E-state index is 9.31. The molecule has 16 heavy (non-hydrogen) atoms. The molecule has 0 aliphatic carbocycles. The summed E-state index contributed by atoms with van der Waals surface area (Å²) in [5.41, 5.74) is 1.30. The van der Waals surface area contributed by atoms with Crippen molar-refractivity contribution >= 4 is 23.2 Å². The van der Waals surface area contributed by atoms with E-state index in [1.165, 1.54) is 0 Å². The first-order chi connectivity index (χ1) is 7.58. The number of hydrogen-bond donors (Lipinski definition) is 1. The van der Waals surface area contributed by atoms with Gasteiger partial charge in [-0.15, -0.1) is 0 Å². The Labute approximate surface area is 103 Å². The van der Waals surface area contributed by atoms with Gasteiger partial charge in [0, 0.05) is 16.7 Å². The lowest BCUT2D eigenvalue weighted by molar-refractivity contribution is 0.158. The van der Waals surface area contributed by atoms with E-state index in [9.17, 15) is 5.11 Å². The molecule has 0 amide bonds. The van der Waals surface area contributed by atoms with Crippen LogP contribution in [0.4, 0.5) is 0 Å². The molecule has 0 aliphatic rings. The fourth-order valence-electron chi connectivity index (χ4n) is 1.31. The predicted molar refractivity (Wildman–Crippen MR) is 62.6 cm³/mol. The third kappa shape index (κ3) is 2.21. The highest BCUT2D eigenvalue weighted by molar-refractivity contribution is 6.36. The van der Waals surface area contributed by atoms with Gasteiger partial charge in [0.25, 0.3) is 0 Å². The Hall–Kier alpha value is -1.03. The van der Waals surface area contributed by atoms with Gasteiger partial charge in [0.1, 0.15) is 11.8 Å². The minimum atomic E-state index is -0.688. The molecule has 0 radical (unpaired) electrons. The van der Waals surface area contributed by atoms with Gasteiger partial charge in [0.2, 0.25) is 0 Å². The van der Waals surface area contributed by atoms with E-state index < -0.39 is 6.10 Å². The SMILES string of the molecule is CC(O)c1cc(-c2ccc(Cl)cc2Cl)no1. The first-order valence-corrected chi connectivity index (χ1v) is 5.43. The van der Waals surface area contributed by atoms with Crippen LogP contribution in [-0.4, -0.2) is 10.3 Å². The standard InChI is InChI=1S/C11H9Cl2NO2/c1-6(15)11-5-10(14-16-11)8-3-2-7(12)4-9(8)13/h2-6,15H,1H3. The number of hydrogen-bond acceptors (Lipinski definition) is 3. The molecule has 1 heterocycles. The van der Waals surface area contributed by atoms with Gasteiger partial charge < -0.3 is 9.63 Å². The Morgan fingerprint density at radius 2 is 2.06 bits per heavy atom. The van der Waals surface area contributed by atoms with Crippen molar-refractivity contribution in [1.29, 1.82) is 0 Å². The van der Waals surface area contributed by atoms with Crippen LogP contribution in [0.3, 0.4) is 0 Å². The molecular weight excluding hydrogens is 249 g/mol. The number of nitrogens with zero attached hydrogens (tertiary/aromatic N) is 1. The fourth-order valence-corrected chi connectivity index (χ4v) is 1.82. The molecular formula is C11H9Cl2NO2. The van der Waals surface area contributed by atoms with Crippen LogP contribution in [-0.2, 0) is 0 Å². The fraction of sp³-hybridized carbons (Fsp3) is 0.182. The Morgan fingerprint density at radius 3 is 2.62 bits per heavy atom. The van der Waals surface area contributed by atoms with E-state index in [4.69, 9.17) is 27.7 Å². The summed E-state index contributed by atoms with van der Waals surface area (Å²) in [4.78, 5) is 0. The van der Waals surface area contributed by atoms with Crippen molar-refractivity contribution in [2.45, 2.75) is 13.0 Å². The summed E-state index contributed by atoms with van der Waals surface area (Å²) in [5, 5.41) is 14.2. The molecule has 1 N–H and O–H groups in total. The number of rotatable bonds is 2. The second kappa shape index (κ2) is 4.45. The second-order valence-electron chi connectivity index (χ2n) is 3.41. The molecule has 84 valence electrons. The van der Waals surface area contributed by atoms with E-state index in [1.807, 2.05) is 0 Å². The van der Waals surface area contributed by atoms with Crippen molar-refractivity contribution in [3.63, 3.8) is 0 Å². The molecule has 0 fully saturated rings. The molecule has 5 heteroatoms. The van der Waals surface area contributed by atoms with Crippen molar-refractivity contribution in [1.82, 2.24) is 5.16 Å². The quantitative estimate of drug-likeness (QED) is 0.893. The highest BCUT2D eigenvalue weighted by Gasteiger charge is 2.12. The number of aromatic nitrogens is 1. The van der Waals surface area contributed by atoms with Crippen LogP contribution < -0.4 is 0 Å². The van der Waals surface area contributed by atoms with Gasteiger partial charge in [0.05, 0.1) is 5.02 Å². The van der Waals surface area contributed by atoms with Gasteiger partial charge in [-0.05, 0) is 25.1 Å². The van der Waals surface area contributed by atoms with E-state index >= 15 is 0 Å². The average Bonchev–Trinajstić information content (AvgIpc) is 2.66. The first-order valence-electron chi connectivity index (χ1n) is 4.68. The van der Waals surface area contributed by atoms with Crippen LogP contribution in [0.15, 0.2) is 28.8 Å². The van der Waals surface area contributed by atoms with Gasteiger partial charge in [-0.3, -0.25) is 0 Å². The van der Waals surface area contributed by atoms with Gasteiger partial charge in [-0.1, -0.05) is 28.4 Å². The van der Waals surface area contributed by atoms with Crippen LogP contribution >= 0.6 is 23.2 Å². The van der Waals surface area contributed by atoms with Crippen LogP contribution in [0.25, 0.3) is 11.3 Å². The topological polar surface area (TPSA) is 46.3 Å². The maximum atomic E-state index is 9.31. The van der Waals surface area contributed by atoms with E-state index in [2.05, 4.69) is 5.16 Å². The lowest BCUT2D eigenvalue weighted by atomic mass is 10.1. The third-order valence-electron chi connectivity index (χ3n) is 2.15. The highest BCUT2D eigenvalue weighted by Crippen LogP contribution is 2.30. The highest BCUT2D eigenvalue weighted by atomic mass is 35.5. The van der Waals surface area contributed by atoms with E-state index in [1.54, 1.807) is 31.2 Å². The number of aliphatic hydroxyl groups excluding tert-OH is 1. The van der Waals surface area contributed by atoms with Crippen molar-refractivity contribution in [3.05, 3.63) is 40.1 Å². The summed E-state index contributed by atoms with van der Waals surface area (Å²) in [5.74, 6) is 0.404. The van der Waals surface area contributed by atoms with Crippen LogP contribution in [0.5, 0.6) is 0 Å².